The standard InChI is InChI=1S/C23H22O2/c24-22(25)17-16-21(18-10-4-1-5-11-18)23(19-12-6-2-7-13-19)20-14-8-3-9-15-20/h1-15,21,23H,16-17H2,(H,24,25)/t21-/m0/s1. The molecular formula is C23H22O2. The first-order valence-electron chi connectivity index (χ1n) is 8.62. The van der Waals surface area contributed by atoms with E-state index in [1.807, 2.05) is 54.6 Å². The van der Waals surface area contributed by atoms with Gasteiger partial charge in [-0.05, 0) is 29.0 Å². The molecule has 0 radical (unpaired) electrons. The zero-order chi connectivity index (χ0) is 17.5. The van der Waals surface area contributed by atoms with Crippen LogP contribution in [0.3, 0.4) is 0 Å². The van der Waals surface area contributed by atoms with E-state index in [-0.39, 0.29) is 18.3 Å². The van der Waals surface area contributed by atoms with Crippen molar-refractivity contribution in [3.8, 4) is 0 Å². The zero-order valence-corrected chi connectivity index (χ0v) is 14.1. The van der Waals surface area contributed by atoms with E-state index in [9.17, 15) is 9.90 Å². The van der Waals surface area contributed by atoms with Crippen LogP contribution in [0.25, 0.3) is 0 Å². The van der Waals surface area contributed by atoms with Crippen LogP contribution in [0.1, 0.15) is 41.4 Å². The number of hydrogen-bond acceptors (Lipinski definition) is 1. The molecule has 0 fully saturated rings. The van der Waals surface area contributed by atoms with Gasteiger partial charge in [0.15, 0.2) is 0 Å². The van der Waals surface area contributed by atoms with Gasteiger partial charge >= 0.3 is 5.97 Å². The van der Waals surface area contributed by atoms with Crippen LogP contribution in [0.5, 0.6) is 0 Å². The Labute approximate surface area is 148 Å². The fourth-order valence-corrected chi connectivity index (χ4v) is 3.48. The molecule has 3 aromatic rings. The summed E-state index contributed by atoms with van der Waals surface area (Å²) in [6.07, 6.45) is 0.767. The smallest absolute Gasteiger partial charge is 0.303 e. The number of benzene rings is 3. The van der Waals surface area contributed by atoms with Crippen molar-refractivity contribution >= 4 is 5.97 Å². The maximum atomic E-state index is 11.2. The highest BCUT2D eigenvalue weighted by molar-refractivity contribution is 5.66. The molecule has 3 aromatic carbocycles. The second kappa shape index (κ2) is 8.29. The Morgan fingerprint density at radius 1 is 0.680 bits per heavy atom. The Morgan fingerprint density at radius 3 is 1.48 bits per heavy atom. The number of hydrogen-bond donors (Lipinski definition) is 1. The average molecular weight is 330 g/mol. The largest absolute Gasteiger partial charge is 0.481 e. The van der Waals surface area contributed by atoms with Crippen molar-refractivity contribution in [3.63, 3.8) is 0 Å². The van der Waals surface area contributed by atoms with Crippen molar-refractivity contribution in [2.24, 2.45) is 0 Å². The van der Waals surface area contributed by atoms with Gasteiger partial charge in [0.2, 0.25) is 0 Å². The van der Waals surface area contributed by atoms with Gasteiger partial charge in [-0.1, -0.05) is 91.0 Å². The second-order valence-corrected chi connectivity index (χ2v) is 6.25. The van der Waals surface area contributed by atoms with Crippen LogP contribution < -0.4 is 0 Å². The van der Waals surface area contributed by atoms with Crippen molar-refractivity contribution < 1.29 is 9.90 Å². The Bertz CT molecular complexity index is 743. The number of carboxylic acid groups (broad SMARTS) is 1. The summed E-state index contributed by atoms with van der Waals surface area (Å²) in [5.74, 6) is -0.507. The van der Waals surface area contributed by atoms with Gasteiger partial charge in [-0.3, -0.25) is 4.79 Å². The highest BCUT2D eigenvalue weighted by Gasteiger charge is 2.26. The molecule has 0 spiro atoms. The van der Waals surface area contributed by atoms with Gasteiger partial charge in [0, 0.05) is 12.3 Å². The summed E-state index contributed by atoms with van der Waals surface area (Å²) >= 11 is 0. The van der Waals surface area contributed by atoms with Crippen molar-refractivity contribution in [3.05, 3.63) is 108 Å². The van der Waals surface area contributed by atoms with Crippen molar-refractivity contribution in [2.75, 3.05) is 0 Å². The van der Waals surface area contributed by atoms with Gasteiger partial charge in [-0.2, -0.15) is 0 Å². The van der Waals surface area contributed by atoms with Gasteiger partial charge in [-0.15, -0.1) is 0 Å². The first-order valence-corrected chi connectivity index (χ1v) is 8.62. The van der Waals surface area contributed by atoms with Crippen LogP contribution in [0.4, 0.5) is 0 Å². The molecule has 2 heteroatoms. The predicted octanol–water partition coefficient (Wildman–Crippen LogP) is 5.47. The summed E-state index contributed by atoms with van der Waals surface area (Å²) in [5.41, 5.74) is 3.61. The number of carbonyl (C=O) groups is 1. The minimum atomic E-state index is -0.749. The van der Waals surface area contributed by atoms with Gasteiger partial charge in [-0.25, -0.2) is 0 Å². The average Bonchev–Trinajstić information content (AvgIpc) is 2.67. The summed E-state index contributed by atoms with van der Waals surface area (Å²) in [6, 6.07) is 31.0. The zero-order valence-electron chi connectivity index (χ0n) is 14.1. The molecule has 0 saturated carbocycles. The lowest BCUT2D eigenvalue weighted by molar-refractivity contribution is -0.137. The molecule has 1 atom stereocenters. The number of carboxylic acids is 1. The molecule has 0 unspecified atom stereocenters. The van der Waals surface area contributed by atoms with E-state index >= 15 is 0 Å². The Balaban J connectivity index is 2.07. The molecule has 0 bridgehead atoms. The lowest BCUT2D eigenvalue weighted by Gasteiger charge is -2.28. The van der Waals surface area contributed by atoms with Gasteiger partial charge in [0.25, 0.3) is 0 Å². The minimum absolute atomic E-state index is 0.113. The molecule has 126 valence electrons. The highest BCUT2D eigenvalue weighted by atomic mass is 16.4. The van der Waals surface area contributed by atoms with Crippen LogP contribution >= 0.6 is 0 Å². The summed E-state index contributed by atoms with van der Waals surface area (Å²) in [6.45, 7) is 0. The minimum Gasteiger partial charge on any atom is -0.481 e. The molecule has 1 N–H and O–H groups in total. The Kier molecular flexibility index (Phi) is 5.63. The third-order valence-electron chi connectivity index (χ3n) is 4.62. The normalized spacial score (nSPS) is 12.0. The quantitative estimate of drug-likeness (QED) is 0.624. The molecule has 0 aliphatic carbocycles. The highest BCUT2D eigenvalue weighted by Crippen LogP contribution is 2.41. The van der Waals surface area contributed by atoms with Gasteiger partial charge in [0.05, 0.1) is 0 Å². The monoisotopic (exact) mass is 330 g/mol. The molecule has 0 amide bonds. The third-order valence-corrected chi connectivity index (χ3v) is 4.62. The lowest BCUT2D eigenvalue weighted by Crippen LogP contribution is -2.15. The van der Waals surface area contributed by atoms with Crippen LogP contribution in [0.15, 0.2) is 91.0 Å². The Hall–Kier alpha value is -2.87. The molecule has 0 aliphatic heterocycles. The van der Waals surface area contributed by atoms with Crippen LogP contribution in [-0.2, 0) is 4.79 Å². The van der Waals surface area contributed by atoms with E-state index in [0.717, 1.165) is 0 Å². The third kappa shape index (κ3) is 4.36. The molecule has 3 rings (SSSR count). The van der Waals surface area contributed by atoms with Crippen molar-refractivity contribution in [1.82, 2.24) is 0 Å². The first-order chi connectivity index (χ1) is 12.3. The van der Waals surface area contributed by atoms with E-state index in [2.05, 4.69) is 36.4 Å². The maximum absolute atomic E-state index is 11.2. The summed E-state index contributed by atoms with van der Waals surface area (Å²) in [7, 11) is 0. The fraction of sp³-hybridized carbons (Fsp3) is 0.174. The van der Waals surface area contributed by atoms with Crippen LogP contribution in [0, 0.1) is 0 Å². The van der Waals surface area contributed by atoms with E-state index in [1.54, 1.807) is 0 Å². The van der Waals surface area contributed by atoms with E-state index in [0.29, 0.717) is 6.42 Å². The fourth-order valence-electron chi connectivity index (χ4n) is 3.48. The maximum Gasteiger partial charge on any atom is 0.303 e. The predicted molar refractivity (Wildman–Crippen MR) is 101 cm³/mol. The summed E-state index contributed by atoms with van der Waals surface area (Å²) in [4.78, 5) is 11.2. The second-order valence-electron chi connectivity index (χ2n) is 6.25. The lowest BCUT2D eigenvalue weighted by atomic mass is 9.75. The van der Waals surface area contributed by atoms with E-state index in [4.69, 9.17) is 0 Å². The topological polar surface area (TPSA) is 37.3 Å². The number of rotatable bonds is 7. The molecule has 25 heavy (non-hydrogen) atoms. The summed E-state index contributed by atoms with van der Waals surface area (Å²) < 4.78 is 0. The molecule has 0 aromatic heterocycles. The SMILES string of the molecule is O=C(O)CC[C@@H](c1ccccc1)C(c1ccccc1)c1ccccc1. The molecular weight excluding hydrogens is 308 g/mol. The van der Waals surface area contributed by atoms with Gasteiger partial charge < -0.3 is 5.11 Å². The van der Waals surface area contributed by atoms with Crippen LogP contribution in [0.2, 0.25) is 0 Å². The van der Waals surface area contributed by atoms with E-state index in [1.165, 1.54) is 16.7 Å². The first kappa shape index (κ1) is 17.0. The molecule has 2 nitrogen and oxygen atoms in total. The van der Waals surface area contributed by atoms with Crippen molar-refractivity contribution in [2.45, 2.75) is 24.7 Å². The molecule has 0 heterocycles. The van der Waals surface area contributed by atoms with Crippen molar-refractivity contribution in [1.29, 1.82) is 0 Å². The number of aliphatic carboxylic acids is 1. The van der Waals surface area contributed by atoms with Gasteiger partial charge in [0.1, 0.15) is 0 Å². The summed E-state index contributed by atoms with van der Waals surface area (Å²) in [5, 5.41) is 9.23. The molecule has 0 aliphatic rings. The Morgan fingerprint density at radius 2 is 1.08 bits per heavy atom. The van der Waals surface area contributed by atoms with Crippen LogP contribution in [-0.4, -0.2) is 11.1 Å². The molecule has 0 saturated heterocycles. The van der Waals surface area contributed by atoms with E-state index < -0.39 is 5.97 Å².